The van der Waals surface area contributed by atoms with Gasteiger partial charge in [-0.25, -0.2) is 28.8 Å². The SMILES string of the molecule is CCCSc1nc(NCC)c2ncn([C@@H]3O[C@H](COP(=O)(O)n4ccnc4)[C@@H](O)[C@H]3O)c2n1. The molecule has 1 saturated heterocycles. The molecule has 3 aromatic heterocycles. The van der Waals surface area contributed by atoms with Crippen LogP contribution in [0.15, 0.2) is 30.2 Å². The van der Waals surface area contributed by atoms with Gasteiger partial charge in [0.25, 0.3) is 0 Å². The molecule has 15 heteroatoms. The maximum atomic E-state index is 12.3. The normalized spacial score (nSPS) is 24.9. The molecule has 4 rings (SSSR count). The fraction of sp³-hybridized carbons (Fsp3) is 0.556. The second-order valence-corrected chi connectivity index (χ2v) is 10.1. The van der Waals surface area contributed by atoms with Gasteiger partial charge in [0.15, 0.2) is 28.4 Å². The summed E-state index contributed by atoms with van der Waals surface area (Å²) in [5.41, 5.74) is 0.936. The number of anilines is 1. The number of rotatable bonds is 10. The summed E-state index contributed by atoms with van der Waals surface area (Å²) in [7, 11) is -4.22. The van der Waals surface area contributed by atoms with Gasteiger partial charge < -0.3 is 25.2 Å². The summed E-state index contributed by atoms with van der Waals surface area (Å²) in [4.78, 5) is 27.3. The quantitative estimate of drug-likeness (QED) is 0.179. The Balaban J connectivity index is 1.57. The molecular formula is C18H26N7O6PS. The zero-order valence-electron chi connectivity index (χ0n) is 18.1. The summed E-state index contributed by atoms with van der Waals surface area (Å²) < 4.78 is 25.7. The summed E-state index contributed by atoms with van der Waals surface area (Å²) in [6.07, 6.45) is 1.40. The minimum atomic E-state index is -4.22. The van der Waals surface area contributed by atoms with E-state index in [2.05, 4.69) is 32.2 Å². The van der Waals surface area contributed by atoms with E-state index in [9.17, 15) is 19.7 Å². The van der Waals surface area contributed by atoms with Gasteiger partial charge in [0.1, 0.15) is 24.6 Å². The lowest BCUT2D eigenvalue weighted by molar-refractivity contribution is -0.0487. The second kappa shape index (κ2) is 10.1. The minimum Gasteiger partial charge on any atom is -0.387 e. The smallest absolute Gasteiger partial charge is 0.387 e. The Hall–Kier alpha value is -2.06. The number of imidazole rings is 2. The van der Waals surface area contributed by atoms with Crippen LogP contribution in [0.4, 0.5) is 5.82 Å². The number of nitrogens with one attached hydrogen (secondary N) is 1. The maximum Gasteiger partial charge on any atom is 0.437 e. The van der Waals surface area contributed by atoms with Crippen molar-refractivity contribution in [3.05, 3.63) is 25.0 Å². The van der Waals surface area contributed by atoms with Gasteiger partial charge in [-0.1, -0.05) is 18.7 Å². The molecule has 4 heterocycles. The minimum absolute atomic E-state index is 0.428. The Morgan fingerprint density at radius 1 is 1.27 bits per heavy atom. The number of thioether (sulfide) groups is 1. The third-order valence-electron chi connectivity index (χ3n) is 4.98. The highest BCUT2D eigenvalue weighted by Gasteiger charge is 2.45. The topological polar surface area (TPSA) is 170 Å². The molecule has 0 spiro atoms. The predicted molar refractivity (Wildman–Crippen MR) is 120 cm³/mol. The first kappa shape index (κ1) is 24.1. The van der Waals surface area contributed by atoms with Gasteiger partial charge in [-0.2, -0.15) is 0 Å². The number of ether oxygens (including phenoxy) is 1. The lowest BCUT2D eigenvalue weighted by Gasteiger charge is -2.18. The van der Waals surface area contributed by atoms with E-state index in [0.29, 0.717) is 28.7 Å². The Bertz CT molecular complexity index is 1130. The molecule has 5 atom stereocenters. The van der Waals surface area contributed by atoms with Gasteiger partial charge in [0.2, 0.25) is 0 Å². The van der Waals surface area contributed by atoms with Crippen molar-refractivity contribution in [1.29, 1.82) is 0 Å². The molecule has 0 amide bonds. The van der Waals surface area contributed by atoms with Crippen LogP contribution in [-0.4, -0.2) is 81.2 Å². The van der Waals surface area contributed by atoms with Crippen molar-refractivity contribution in [1.82, 2.24) is 28.8 Å². The molecule has 0 saturated carbocycles. The van der Waals surface area contributed by atoms with E-state index in [0.717, 1.165) is 22.8 Å². The first-order chi connectivity index (χ1) is 15.9. The van der Waals surface area contributed by atoms with Crippen LogP contribution >= 0.6 is 19.5 Å². The monoisotopic (exact) mass is 499 g/mol. The molecule has 3 aromatic rings. The number of fused-ring (bicyclic) bond motifs is 1. The third kappa shape index (κ3) is 4.92. The third-order valence-corrected chi connectivity index (χ3v) is 7.34. The highest BCUT2D eigenvalue weighted by atomic mass is 32.2. The summed E-state index contributed by atoms with van der Waals surface area (Å²) >= 11 is 1.50. The first-order valence-corrected chi connectivity index (χ1v) is 13.0. The Morgan fingerprint density at radius 2 is 2.09 bits per heavy atom. The van der Waals surface area contributed by atoms with E-state index in [1.54, 1.807) is 0 Å². The molecule has 0 aliphatic carbocycles. The lowest BCUT2D eigenvalue weighted by atomic mass is 10.1. The summed E-state index contributed by atoms with van der Waals surface area (Å²) in [5, 5.41) is 24.9. The zero-order valence-corrected chi connectivity index (χ0v) is 19.8. The Morgan fingerprint density at radius 3 is 2.79 bits per heavy atom. The molecule has 13 nitrogen and oxygen atoms in total. The highest BCUT2D eigenvalue weighted by molar-refractivity contribution is 7.99. The van der Waals surface area contributed by atoms with E-state index < -0.39 is 38.9 Å². The number of aliphatic hydroxyl groups excluding tert-OH is 2. The molecule has 4 N–H and O–H groups in total. The molecule has 180 valence electrons. The standard InChI is InChI=1S/C18H26N7O6PS/c1-3-7-33-18-22-15(20-4-2)12-16(23-18)25(10-21-12)17-14(27)13(26)11(31-17)8-30-32(28,29)24-6-5-19-9-24/h5-6,9-11,13-14,17,26-27H,3-4,7-8H2,1-2H3,(H,28,29)(H,20,22,23)/t11-,13-,14-,17-/m1/s1. The van der Waals surface area contributed by atoms with Crippen LogP contribution in [0.1, 0.15) is 26.5 Å². The van der Waals surface area contributed by atoms with E-state index >= 15 is 0 Å². The fourth-order valence-corrected chi connectivity index (χ4v) is 4.95. The van der Waals surface area contributed by atoms with Gasteiger partial charge in [-0.15, -0.1) is 0 Å². The molecule has 1 aliphatic rings. The zero-order chi connectivity index (χ0) is 23.6. The Kier molecular flexibility index (Phi) is 7.34. The summed E-state index contributed by atoms with van der Waals surface area (Å²) in [5.74, 6) is 1.40. The van der Waals surface area contributed by atoms with Crippen molar-refractivity contribution in [2.75, 3.05) is 24.2 Å². The van der Waals surface area contributed by atoms with E-state index in [1.165, 1.54) is 35.0 Å². The number of hydrogen-bond acceptors (Lipinski definition) is 11. The average molecular weight is 499 g/mol. The fourth-order valence-electron chi connectivity index (χ4n) is 3.37. The van der Waals surface area contributed by atoms with Crippen molar-refractivity contribution < 1.29 is 28.9 Å². The average Bonchev–Trinajstić information content (AvgIpc) is 3.53. The maximum absolute atomic E-state index is 12.3. The molecular weight excluding hydrogens is 473 g/mol. The van der Waals surface area contributed by atoms with Gasteiger partial charge in [0.05, 0.1) is 12.9 Å². The van der Waals surface area contributed by atoms with E-state index in [-0.39, 0.29) is 0 Å². The number of aromatic nitrogens is 6. The van der Waals surface area contributed by atoms with Crippen molar-refractivity contribution in [2.24, 2.45) is 0 Å². The van der Waals surface area contributed by atoms with E-state index in [1.807, 2.05) is 6.92 Å². The predicted octanol–water partition coefficient (Wildman–Crippen LogP) is 1.24. The van der Waals surface area contributed by atoms with Crippen LogP contribution < -0.4 is 5.32 Å². The molecule has 0 aromatic carbocycles. The van der Waals surface area contributed by atoms with Crippen LogP contribution in [0.5, 0.6) is 0 Å². The molecule has 1 aliphatic heterocycles. The van der Waals surface area contributed by atoms with E-state index in [4.69, 9.17) is 9.26 Å². The Labute approximate surface area is 193 Å². The second-order valence-electron chi connectivity index (χ2n) is 7.33. The van der Waals surface area contributed by atoms with Crippen molar-refractivity contribution >= 4 is 36.5 Å². The first-order valence-electron chi connectivity index (χ1n) is 10.4. The summed E-state index contributed by atoms with van der Waals surface area (Å²) in [6, 6.07) is 0. The number of nitrogens with zero attached hydrogens (tertiary/aromatic N) is 6. The van der Waals surface area contributed by atoms with Crippen LogP contribution in [0.2, 0.25) is 0 Å². The van der Waals surface area contributed by atoms with Gasteiger partial charge in [-0.05, 0) is 13.3 Å². The molecule has 0 radical (unpaired) electrons. The molecule has 33 heavy (non-hydrogen) atoms. The highest BCUT2D eigenvalue weighted by Crippen LogP contribution is 2.44. The van der Waals surface area contributed by atoms with Gasteiger partial charge in [0, 0.05) is 24.7 Å². The number of hydrogen-bond donors (Lipinski definition) is 4. The molecule has 0 bridgehead atoms. The van der Waals surface area contributed by atoms with Crippen LogP contribution in [0.25, 0.3) is 11.2 Å². The van der Waals surface area contributed by atoms with Crippen LogP contribution in [0.3, 0.4) is 0 Å². The molecule has 1 fully saturated rings. The molecule has 1 unspecified atom stereocenters. The largest absolute Gasteiger partial charge is 0.437 e. The van der Waals surface area contributed by atoms with Crippen molar-refractivity contribution in [3.8, 4) is 0 Å². The number of aliphatic hydroxyl groups is 2. The van der Waals surface area contributed by atoms with Crippen molar-refractivity contribution in [2.45, 2.75) is 50.0 Å². The van der Waals surface area contributed by atoms with Gasteiger partial charge >= 0.3 is 7.75 Å². The lowest BCUT2D eigenvalue weighted by Crippen LogP contribution is -2.33. The van der Waals surface area contributed by atoms with Gasteiger partial charge in [-0.3, -0.25) is 9.09 Å². The summed E-state index contributed by atoms with van der Waals surface area (Å²) in [6.45, 7) is 4.21. The van der Waals surface area contributed by atoms with Crippen LogP contribution in [-0.2, 0) is 13.8 Å². The van der Waals surface area contributed by atoms with Crippen molar-refractivity contribution in [3.63, 3.8) is 0 Å². The van der Waals surface area contributed by atoms with Crippen LogP contribution in [0, 0.1) is 0 Å².